The van der Waals surface area contributed by atoms with Crippen LogP contribution in [0.4, 0.5) is 4.39 Å². The Hall–Kier alpha value is -4.04. The lowest BCUT2D eigenvalue weighted by atomic mass is 10.1. The van der Waals surface area contributed by atoms with Crippen LogP contribution in [-0.2, 0) is 13.1 Å². The number of rotatable bonds is 7. The van der Waals surface area contributed by atoms with Gasteiger partial charge in [0.15, 0.2) is 5.69 Å². The van der Waals surface area contributed by atoms with Gasteiger partial charge in [-0.3, -0.25) is 9.36 Å². The summed E-state index contributed by atoms with van der Waals surface area (Å²) >= 11 is 0. The Morgan fingerprint density at radius 3 is 2.45 bits per heavy atom. The Morgan fingerprint density at radius 1 is 1.00 bits per heavy atom. The number of nitrogens with zero attached hydrogens (tertiary/aromatic N) is 3. The van der Waals surface area contributed by atoms with Gasteiger partial charge in [-0.25, -0.2) is 13.9 Å². The van der Waals surface area contributed by atoms with Gasteiger partial charge in [-0.1, -0.05) is 60.7 Å². The minimum absolute atomic E-state index is 0.0464. The van der Waals surface area contributed by atoms with E-state index in [9.17, 15) is 14.0 Å². The summed E-state index contributed by atoms with van der Waals surface area (Å²) in [6, 6.07) is 21.5. The molecule has 0 bridgehead atoms. The Kier molecular flexibility index (Phi) is 6.46. The highest BCUT2D eigenvalue weighted by atomic mass is 19.1. The quantitative estimate of drug-likeness (QED) is 0.471. The summed E-state index contributed by atoms with van der Waals surface area (Å²) in [7, 11) is 1.52. The zero-order valence-electron chi connectivity index (χ0n) is 18.0. The van der Waals surface area contributed by atoms with Crippen LogP contribution in [0, 0.1) is 5.82 Å². The molecule has 0 saturated heterocycles. The van der Waals surface area contributed by atoms with Gasteiger partial charge < -0.3 is 10.5 Å². The van der Waals surface area contributed by atoms with Gasteiger partial charge in [-0.2, -0.15) is 5.10 Å². The summed E-state index contributed by atoms with van der Waals surface area (Å²) in [5, 5.41) is 4.30. The summed E-state index contributed by atoms with van der Waals surface area (Å²) in [6.45, 7) is -0.193. The molecule has 4 aromatic rings. The number of halogens is 1. The number of aromatic nitrogens is 3. The van der Waals surface area contributed by atoms with E-state index in [1.54, 1.807) is 42.5 Å². The minimum Gasteiger partial charge on any atom is -0.497 e. The molecule has 3 aromatic carbocycles. The first-order valence-electron chi connectivity index (χ1n) is 10.4. The second kappa shape index (κ2) is 9.62. The van der Waals surface area contributed by atoms with Crippen LogP contribution in [0.1, 0.15) is 17.2 Å². The molecular formula is C25H23FN4O3. The lowest BCUT2D eigenvalue weighted by molar-refractivity contribution is 0.415. The lowest BCUT2D eigenvalue weighted by Crippen LogP contribution is -2.44. The molecule has 1 heterocycles. The highest BCUT2D eigenvalue weighted by molar-refractivity contribution is 5.59. The van der Waals surface area contributed by atoms with Crippen molar-refractivity contribution in [2.45, 2.75) is 19.1 Å². The van der Waals surface area contributed by atoms with E-state index in [1.165, 1.54) is 13.2 Å². The number of hydrogen-bond acceptors (Lipinski definition) is 5. The molecule has 0 spiro atoms. The monoisotopic (exact) mass is 446 g/mol. The van der Waals surface area contributed by atoms with Crippen LogP contribution in [0.15, 0.2) is 88.5 Å². The van der Waals surface area contributed by atoms with E-state index in [0.717, 1.165) is 14.8 Å². The molecule has 2 N–H and O–H groups in total. The second-order valence-corrected chi connectivity index (χ2v) is 7.55. The summed E-state index contributed by atoms with van der Waals surface area (Å²) in [5.41, 5.74) is 6.66. The van der Waals surface area contributed by atoms with E-state index in [0.29, 0.717) is 11.3 Å². The van der Waals surface area contributed by atoms with Gasteiger partial charge in [0.1, 0.15) is 11.6 Å². The highest BCUT2D eigenvalue weighted by Crippen LogP contribution is 2.20. The van der Waals surface area contributed by atoms with E-state index in [4.69, 9.17) is 10.5 Å². The Morgan fingerprint density at radius 2 is 1.73 bits per heavy atom. The molecule has 8 heteroatoms. The zero-order valence-corrected chi connectivity index (χ0v) is 18.0. The van der Waals surface area contributed by atoms with Crippen molar-refractivity contribution in [1.82, 2.24) is 14.3 Å². The fraction of sp³-hybridized carbons (Fsp3) is 0.160. The highest BCUT2D eigenvalue weighted by Gasteiger charge is 2.19. The van der Waals surface area contributed by atoms with Gasteiger partial charge in [0.25, 0.3) is 5.56 Å². The van der Waals surface area contributed by atoms with Crippen molar-refractivity contribution in [1.29, 1.82) is 0 Å². The van der Waals surface area contributed by atoms with Crippen molar-refractivity contribution < 1.29 is 9.13 Å². The molecule has 0 aliphatic carbocycles. The minimum atomic E-state index is -0.665. The Labute approximate surface area is 189 Å². The van der Waals surface area contributed by atoms with E-state index < -0.39 is 23.1 Å². The van der Waals surface area contributed by atoms with Gasteiger partial charge in [0, 0.05) is 17.2 Å². The average molecular weight is 446 g/mol. The van der Waals surface area contributed by atoms with Crippen LogP contribution in [0.3, 0.4) is 0 Å². The van der Waals surface area contributed by atoms with E-state index in [1.807, 2.05) is 30.3 Å². The predicted octanol–water partition coefficient (Wildman–Crippen LogP) is 2.97. The number of nitrogens with two attached hydrogens (primary N) is 1. The van der Waals surface area contributed by atoms with Crippen molar-refractivity contribution in [3.8, 4) is 17.0 Å². The van der Waals surface area contributed by atoms with E-state index >= 15 is 0 Å². The van der Waals surface area contributed by atoms with Gasteiger partial charge >= 0.3 is 5.69 Å². The molecule has 0 aliphatic rings. The maximum absolute atomic E-state index is 14.3. The van der Waals surface area contributed by atoms with Crippen molar-refractivity contribution >= 4 is 0 Å². The van der Waals surface area contributed by atoms with Crippen molar-refractivity contribution in [3.05, 3.63) is 117 Å². The Bertz CT molecular complexity index is 1380. The largest absolute Gasteiger partial charge is 0.497 e. The van der Waals surface area contributed by atoms with E-state index in [2.05, 4.69) is 5.10 Å². The molecule has 33 heavy (non-hydrogen) atoms. The van der Waals surface area contributed by atoms with Crippen LogP contribution >= 0.6 is 0 Å². The van der Waals surface area contributed by atoms with Gasteiger partial charge in [0.05, 0.1) is 20.2 Å². The fourth-order valence-electron chi connectivity index (χ4n) is 3.57. The molecule has 0 radical (unpaired) electrons. The second-order valence-electron chi connectivity index (χ2n) is 7.55. The number of hydrogen-bond donors (Lipinski definition) is 1. The van der Waals surface area contributed by atoms with Crippen molar-refractivity contribution in [2.24, 2.45) is 5.73 Å². The van der Waals surface area contributed by atoms with Gasteiger partial charge in [-0.15, -0.1) is 0 Å². The van der Waals surface area contributed by atoms with Crippen molar-refractivity contribution in [3.63, 3.8) is 0 Å². The third-order valence-electron chi connectivity index (χ3n) is 5.35. The normalized spacial score (nSPS) is 11.8. The number of methoxy groups -OCH3 is 1. The third-order valence-corrected chi connectivity index (χ3v) is 5.35. The summed E-state index contributed by atoms with van der Waals surface area (Å²) in [6.07, 6.45) is 0. The van der Waals surface area contributed by atoms with Crippen LogP contribution < -0.4 is 21.7 Å². The Balaban J connectivity index is 1.86. The molecule has 0 amide bonds. The predicted molar refractivity (Wildman–Crippen MR) is 124 cm³/mol. The average Bonchev–Trinajstić information content (AvgIpc) is 2.85. The maximum Gasteiger partial charge on any atom is 0.347 e. The molecule has 1 unspecified atom stereocenters. The molecular weight excluding hydrogens is 423 g/mol. The van der Waals surface area contributed by atoms with Gasteiger partial charge in [-0.05, 0) is 23.8 Å². The van der Waals surface area contributed by atoms with Crippen LogP contribution in [0.25, 0.3) is 11.3 Å². The molecule has 0 saturated carbocycles. The molecule has 7 nitrogen and oxygen atoms in total. The molecule has 4 rings (SSSR count). The molecule has 0 fully saturated rings. The lowest BCUT2D eigenvalue weighted by Gasteiger charge is -2.16. The standard InChI is InChI=1S/C25H23FN4O3/c1-33-20-12-7-11-18(14-20)23-24(31)29(16-22(27)17-8-3-2-4-9-17)25(32)30(28-23)15-19-10-5-6-13-21(19)26/h2-14,22H,15-16,27H2,1H3. The first-order chi connectivity index (χ1) is 16.0. The smallest absolute Gasteiger partial charge is 0.347 e. The van der Waals surface area contributed by atoms with Crippen LogP contribution in [0.2, 0.25) is 0 Å². The van der Waals surface area contributed by atoms with Crippen LogP contribution in [0.5, 0.6) is 5.75 Å². The molecule has 1 aromatic heterocycles. The first kappa shape index (κ1) is 22.2. The third kappa shape index (κ3) is 4.75. The molecule has 1 atom stereocenters. The number of benzene rings is 3. The SMILES string of the molecule is COc1cccc(-c2nn(Cc3ccccc3F)c(=O)n(CC(N)c3ccccc3)c2=O)c1. The van der Waals surface area contributed by atoms with E-state index in [-0.39, 0.29) is 24.3 Å². The topological polar surface area (TPSA) is 92.1 Å². The summed E-state index contributed by atoms with van der Waals surface area (Å²) < 4.78 is 21.7. The molecule has 0 aliphatic heterocycles. The van der Waals surface area contributed by atoms with Gasteiger partial charge in [0.2, 0.25) is 0 Å². The zero-order chi connectivity index (χ0) is 23.4. The van der Waals surface area contributed by atoms with Crippen molar-refractivity contribution in [2.75, 3.05) is 7.11 Å². The fourth-order valence-corrected chi connectivity index (χ4v) is 3.57. The first-order valence-corrected chi connectivity index (χ1v) is 10.4. The summed E-state index contributed by atoms with van der Waals surface area (Å²) in [5.74, 6) is 0.0703. The summed E-state index contributed by atoms with van der Waals surface area (Å²) in [4.78, 5) is 26.6. The molecule has 168 valence electrons. The van der Waals surface area contributed by atoms with Crippen LogP contribution in [-0.4, -0.2) is 21.5 Å². The number of ether oxygens (including phenoxy) is 1. The maximum atomic E-state index is 14.3.